The lowest BCUT2D eigenvalue weighted by atomic mass is 10.1. The van der Waals surface area contributed by atoms with Crippen molar-refractivity contribution in [3.05, 3.63) is 47.7 Å². The number of allylic oxidation sites excluding steroid dienone is 1. The molecule has 2 heteroatoms. The van der Waals surface area contributed by atoms with Gasteiger partial charge in [0.05, 0.1) is 8.07 Å². The van der Waals surface area contributed by atoms with Crippen molar-refractivity contribution in [3.63, 3.8) is 0 Å². The van der Waals surface area contributed by atoms with Gasteiger partial charge in [-0.2, -0.15) is 0 Å². The molecule has 21 heavy (non-hydrogen) atoms. The van der Waals surface area contributed by atoms with Crippen molar-refractivity contribution in [3.8, 4) is 11.8 Å². The van der Waals surface area contributed by atoms with Gasteiger partial charge in [0.15, 0.2) is 0 Å². The Morgan fingerprint density at radius 1 is 1.24 bits per heavy atom. The molecule has 1 aromatic carbocycles. The fourth-order valence-corrected chi connectivity index (χ4v) is 3.52. The van der Waals surface area contributed by atoms with Gasteiger partial charge < -0.3 is 0 Å². The van der Waals surface area contributed by atoms with E-state index < -0.39 is 8.07 Å². The number of rotatable bonds is 6. The van der Waals surface area contributed by atoms with Gasteiger partial charge in [-0.1, -0.05) is 68.0 Å². The largest absolute Gasteiger partial charge is 0.284 e. The summed E-state index contributed by atoms with van der Waals surface area (Å²) < 4.78 is 0. The molecule has 112 valence electrons. The molecule has 1 rings (SSSR count). The Bertz CT molecular complexity index is 540. The number of unbranched alkanes of at least 4 members (excludes halogenated alkanes) is 1. The summed E-state index contributed by atoms with van der Waals surface area (Å²) in [4.78, 5) is 12.1. The summed E-state index contributed by atoms with van der Waals surface area (Å²) in [6.45, 7) is 12.7. The van der Waals surface area contributed by atoms with Crippen LogP contribution >= 0.6 is 0 Å². The third-order valence-electron chi connectivity index (χ3n) is 3.70. The molecule has 0 aliphatic rings. The van der Waals surface area contributed by atoms with E-state index in [1.165, 1.54) is 5.56 Å². The number of carbonyl (C=O) groups excluding carboxylic acids is 1. The van der Waals surface area contributed by atoms with Gasteiger partial charge in [-0.15, -0.1) is 6.58 Å². The normalized spacial score (nSPS) is 12.2. The minimum Gasteiger partial charge on any atom is -0.284 e. The fourth-order valence-electron chi connectivity index (χ4n) is 2.09. The second-order valence-corrected chi connectivity index (χ2v) is 11.6. The predicted molar refractivity (Wildman–Crippen MR) is 93.8 cm³/mol. The Morgan fingerprint density at radius 2 is 1.86 bits per heavy atom. The molecule has 0 aliphatic heterocycles. The van der Waals surface area contributed by atoms with Gasteiger partial charge in [0.25, 0.3) is 0 Å². The maximum Gasteiger partial charge on any atom is 0.211 e. The molecule has 1 nitrogen and oxygen atoms in total. The zero-order chi connectivity index (χ0) is 15.9. The molecular formula is C19H26OSi. The first-order valence-corrected chi connectivity index (χ1v) is 11.1. The minimum absolute atomic E-state index is 0.0159. The van der Waals surface area contributed by atoms with Crippen LogP contribution in [-0.4, -0.2) is 13.9 Å². The first kappa shape index (κ1) is 17.5. The molecule has 0 amide bonds. The number of hydrogen-bond acceptors (Lipinski definition) is 1. The lowest BCUT2D eigenvalue weighted by Gasteiger charge is -2.23. The minimum atomic E-state index is -1.47. The third-order valence-corrected chi connectivity index (χ3v) is 6.06. The topological polar surface area (TPSA) is 17.1 Å². The number of hydrogen-bond donors (Lipinski definition) is 0. The van der Waals surface area contributed by atoms with Crippen LogP contribution < -0.4 is 0 Å². The zero-order valence-electron chi connectivity index (χ0n) is 13.7. The van der Waals surface area contributed by atoms with Crippen LogP contribution in [0.15, 0.2) is 42.1 Å². The summed E-state index contributed by atoms with van der Waals surface area (Å²) in [6, 6.07) is 10.4. The van der Waals surface area contributed by atoms with E-state index in [1.54, 1.807) is 0 Å². The van der Waals surface area contributed by atoms with Gasteiger partial charge in [0.2, 0.25) is 5.78 Å². The van der Waals surface area contributed by atoms with Crippen molar-refractivity contribution in [1.29, 1.82) is 0 Å². The maximum atomic E-state index is 12.1. The lowest BCUT2D eigenvalue weighted by Crippen LogP contribution is -2.30. The lowest BCUT2D eigenvalue weighted by molar-refractivity contribution is -0.115. The monoisotopic (exact) mass is 298 g/mol. The first-order valence-electron chi connectivity index (χ1n) is 7.58. The van der Waals surface area contributed by atoms with E-state index in [2.05, 4.69) is 50.2 Å². The molecule has 0 aliphatic carbocycles. The molecule has 0 heterocycles. The molecule has 0 N–H and O–H groups in total. The molecular weight excluding hydrogens is 272 g/mol. The number of Topliss-reactive ketones (excluding diaryl/α,β-unsaturated/α-hetero) is 1. The van der Waals surface area contributed by atoms with Crippen LogP contribution in [0.5, 0.6) is 0 Å². The van der Waals surface area contributed by atoms with Crippen LogP contribution in [-0.2, 0) is 11.2 Å². The Morgan fingerprint density at radius 3 is 2.43 bits per heavy atom. The summed E-state index contributed by atoms with van der Waals surface area (Å²) in [7, 11) is -1.47. The summed E-state index contributed by atoms with van der Waals surface area (Å²) in [5.74, 6) is 5.70. The van der Waals surface area contributed by atoms with Crippen molar-refractivity contribution in [2.45, 2.75) is 45.8 Å². The molecule has 1 atom stereocenters. The summed E-state index contributed by atoms with van der Waals surface area (Å²) in [6.07, 6.45) is 2.78. The average Bonchev–Trinajstić information content (AvgIpc) is 2.45. The van der Waals surface area contributed by atoms with Crippen molar-refractivity contribution in [1.82, 2.24) is 0 Å². The van der Waals surface area contributed by atoms with Gasteiger partial charge in [-0.25, -0.2) is 0 Å². The fraction of sp³-hybridized carbons (Fsp3) is 0.421. The molecule has 0 aromatic heterocycles. The molecule has 0 saturated heterocycles. The standard InChI is InChI=1S/C19H26OSi/c1-16(17(2)21(3,4)5)19(20)15-11-7-10-14-18-12-8-6-9-13-18/h6,8-9,12-13,16H,2,7,10,14H2,1,3-5H3/t16-/m0/s1. The van der Waals surface area contributed by atoms with Gasteiger partial charge >= 0.3 is 0 Å². The van der Waals surface area contributed by atoms with Crippen molar-refractivity contribution >= 4 is 13.9 Å². The predicted octanol–water partition coefficient (Wildman–Crippen LogP) is 4.65. The molecule has 0 fully saturated rings. The molecule has 1 aromatic rings. The zero-order valence-corrected chi connectivity index (χ0v) is 14.7. The third kappa shape index (κ3) is 6.14. The molecule has 0 saturated carbocycles. The number of aryl methyl sites for hydroxylation is 1. The van der Waals surface area contributed by atoms with E-state index in [-0.39, 0.29) is 11.7 Å². The van der Waals surface area contributed by atoms with Crippen LogP contribution in [0.3, 0.4) is 0 Å². The highest BCUT2D eigenvalue weighted by atomic mass is 28.3. The quantitative estimate of drug-likeness (QED) is 0.323. The number of carbonyl (C=O) groups is 1. The summed E-state index contributed by atoms with van der Waals surface area (Å²) >= 11 is 0. The Balaban J connectivity index is 2.41. The Hall–Kier alpha value is -1.59. The summed E-state index contributed by atoms with van der Waals surface area (Å²) in [5, 5.41) is 1.09. The van der Waals surface area contributed by atoms with Crippen molar-refractivity contribution in [2.24, 2.45) is 5.92 Å². The molecule has 0 radical (unpaired) electrons. The van der Waals surface area contributed by atoms with Crippen LogP contribution in [0.1, 0.15) is 25.3 Å². The smallest absolute Gasteiger partial charge is 0.211 e. The van der Waals surface area contributed by atoms with Crippen LogP contribution in [0.2, 0.25) is 19.6 Å². The van der Waals surface area contributed by atoms with E-state index >= 15 is 0 Å². The van der Waals surface area contributed by atoms with E-state index in [0.717, 1.165) is 24.5 Å². The Kier molecular flexibility index (Phi) is 6.65. The maximum absolute atomic E-state index is 12.1. The van der Waals surface area contributed by atoms with E-state index in [0.29, 0.717) is 0 Å². The molecule has 0 spiro atoms. The second-order valence-electron chi connectivity index (χ2n) is 6.50. The van der Waals surface area contributed by atoms with Gasteiger partial charge in [-0.05, 0) is 24.3 Å². The number of ketones is 1. The van der Waals surface area contributed by atoms with Crippen LogP contribution in [0.4, 0.5) is 0 Å². The van der Waals surface area contributed by atoms with Crippen molar-refractivity contribution in [2.75, 3.05) is 0 Å². The van der Waals surface area contributed by atoms with Gasteiger partial charge in [-0.3, -0.25) is 4.79 Å². The molecule has 0 unspecified atom stereocenters. The van der Waals surface area contributed by atoms with Crippen molar-refractivity contribution < 1.29 is 4.79 Å². The first-order chi connectivity index (χ1) is 9.82. The van der Waals surface area contributed by atoms with Gasteiger partial charge in [0, 0.05) is 12.3 Å². The molecule has 0 bridgehead atoms. The highest BCUT2D eigenvalue weighted by Gasteiger charge is 2.25. The van der Waals surface area contributed by atoms with Gasteiger partial charge in [0.1, 0.15) is 0 Å². The second kappa shape index (κ2) is 8.00. The highest BCUT2D eigenvalue weighted by Crippen LogP contribution is 2.21. The van der Waals surface area contributed by atoms with E-state index in [9.17, 15) is 4.79 Å². The SMILES string of the molecule is C=C([C@H](C)C(=O)C#CCCCc1ccccc1)[Si](C)(C)C. The summed E-state index contributed by atoms with van der Waals surface area (Å²) in [5.41, 5.74) is 1.33. The van der Waals surface area contributed by atoms with E-state index in [4.69, 9.17) is 0 Å². The average molecular weight is 299 g/mol. The van der Waals surface area contributed by atoms with Crippen LogP contribution in [0.25, 0.3) is 0 Å². The number of benzene rings is 1. The highest BCUT2D eigenvalue weighted by molar-refractivity contribution is 6.83. The Labute approximate surface area is 130 Å². The van der Waals surface area contributed by atoms with Crippen LogP contribution in [0, 0.1) is 17.8 Å². The van der Waals surface area contributed by atoms with E-state index in [1.807, 2.05) is 25.1 Å².